The third-order valence-electron chi connectivity index (χ3n) is 4.74. The second kappa shape index (κ2) is 8.81. The second-order valence-corrected chi connectivity index (χ2v) is 6.58. The highest BCUT2D eigenvalue weighted by Crippen LogP contribution is 2.13. The average molecular weight is 325 g/mol. The van der Waals surface area contributed by atoms with Crippen LogP contribution < -0.4 is 10.9 Å². The predicted octanol–water partition coefficient (Wildman–Crippen LogP) is 2.49. The van der Waals surface area contributed by atoms with Crippen molar-refractivity contribution in [2.45, 2.75) is 38.4 Å². The molecular weight excluding hydrogens is 298 g/mol. The molecule has 2 aromatic rings. The van der Waals surface area contributed by atoms with Crippen LogP contribution in [0.1, 0.15) is 24.8 Å². The molecule has 4 heteroatoms. The van der Waals surface area contributed by atoms with Gasteiger partial charge in [-0.15, -0.1) is 0 Å². The fourth-order valence-corrected chi connectivity index (χ4v) is 3.34. The summed E-state index contributed by atoms with van der Waals surface area (Å²) in [6.45, 7) is 5.14. The van der Waals surface area contributed by atoms with Gasteiger partial charge < -0.3 is 9.88 Å². The lowest BCUT2D eigenvalue weighted by atomic mass is 10.0. The Hall–Kier alpha value is -1.91. The van der Waals surface area contributed by atoms with Crippen LogP contribution in [-0.4, -0.2) is 35.1 Å². The molecule has 1 fully saturated rings. The first-order chi connectivity index (χ1) is 11.8. The van der Waals surface area contributed by atoms with Gasteiger partial charge in [0.1, 0.15) is 0 Å². The Labute approximate surface area is 144 Å². The van der Waals surface area contributed by atoms with E-state index in [1.54, 1.807) is 16.7 Å². The van der Waals surface area contributed by atoms with Crippen molar-refractivity contribution in [1.29, 1.82) is 0 Å². The van der Waals surface area contributed by atoms with E-state index >= 15 is 0 Å². The number of piperidine rings is 1. The maximum Gasteiger partial charge on any atom is 0.250 e. The molecule has 1 aromatic carbocycles. The summed E-state index contributed by atoms with van der Waals surface area (Å²) in [7, 11) is 0. The zero-order chi connectivity index (χ0) is 16.6. The Morgan fingerprint density at radius 2 is 1.75 bits per heavy atom. The van der Waals surface area contributed by atoms with E-state index in [0.29, 0.717) is 6.04 Å². The monoisotopic (exact) mass is 325 g/mol. The third kappa shape index (κ3) is 5.05. The van der Waals surface area contributed by atoms with E-state index in [2.05, 4.69) is 40.5 Å². The van der Waals surface area contributed by atoms with Crippen LogP contribution >= 0.6 is 0 Å². The standard InChI is InChI=1S/C20H27N3O/c24-20-9-4-5-13-23(20)14-6-12-21-19-10-15-22(16-11-19)17-18-7-2-1-3-8-18/h1-5,7-9,13,19,21H,6,10-12,14-17H2. The summed E-state index contributed by atoms with van der Waals surface area (Å²) in [5.41, 5.74) is 1.49. The number of nitrogens with zero attached hydrogens (tertiary/aromatic N) is 2. The molecule has 2 heterocycles. The number of aromatic nitrogens is 1. The van der Waals surface area contributed by atoms with Crippen molar-refractivity contribution < 1.29 is 0 Å². The van der Waals surface area contributed by atoms with Crippen molar-refractivity contribution in [3.05, 3.63) is 70.6 Å². The van der Waals surface area contributed by atoms with Gasteiger partial charge >= 0.3 is 0 Å². The maximum atomic E-state index is 11.6. The van der Waals surface area contributed by atoms with E-state index in [1.165, 1.54) is 18.4 Å². The van der Waals surface area contributed by atoms with Crippen molar-refractivity contribution in [2.24, 2.45) is 0 Å². The van der Waals surface area contributed by atoms with Crippen LogP contribution in [0, 0.1) is 0 Å². The molecule has 0 radical (unpaired) electrons. The summed E-state index contributed by atoms with van der Waals surface area (Å²) in [6, 6.07) is 16.6. The number of pyridine rings is 1. The number of hydrogen-bond acceptors (Lipinski definition) is 3. The molecule has 24 heavy (non-hydrogen) atoms. The molecule has 0 unspecified atom stereocenters. The quantitative estimate of drug-likeness (QED) is 0.795. The van der Waals surface area contributed by atoms with Gasteiger partial charge in [0.2, 0.25) is 5.56 Å². The molecule has 0 amide bonds. The van der Waals surface area contributed by atoms with Crippen LogP contribution in [0.2, 0.25) is 0 Å². The first-order valence-corrected chi connectivity index (χ1v) is 8.96. The molecule has 4 nitrogen and oxygen atoms in total. The van der Waals surface area contributed by atoms with Gasteiger partial charge in [-0.05, 0) is 50.5 Å². The number of aryl methyl sites for hydroxylation is 1. The number of hydrogen-bond donors (Lipinski definition) is 1. The smallest absolute Gasteiger partial charge is 0.250 e. The lowest BCUT2D eigenvalue weighted by Gasteiger charge is -2.32. The fourth-order valence-electron chi connectivity index (χ4n) is 3.34. The molecule has 0 saturated carbocycles. The lowest BCUT2D eigenvalue weighted by molar-refractivity contribution is 0.190. The van der Waals surface area contributed by atoms with E-state index < -0.39 is 0 Å². The minimum Gasteiger partial charge on any atom is -0.315 e. The predicted molar refractivity (Wildman–Crippen MR) is 98.1 cm³/mol. The van der Waals surface area contributed by atoms with Gasteiger partial charge in [-0.3, -0.25) is 9.69 Å². The van der Waals surface area contributed by atoms with E-state index in [9.17, 15) is 4.79 Å². The van der Waals surface area contributed by atoms with Gasteiger partial charge in [-0.25, -0.2) is 0 Å². The van der Waals surface area contributed by atoms with Crippen LogP contribution in [0.25, 0.3) is 0 Å². The minimum absolute atomic E-state index is 0.0896. The average Bonchev–Trinajstić information content (AvgIpc) is 2.62. The first kappa shape index (κ1) is 16.9. The zero-order valence-corrected chi connectivity index (χ0v) is 14.2. The fraction of sp³-hybridized carbons (Fsp3) is 0.450. The molecule has 1 aromatic heterocycles. The Balaban J connectivity index is 1.33. The van der Waals surface area contributed by atoms with Crippen molar-refractivity contribution in [1.82, 2.24) is 14.8 Å². The Morgan fingerprint density at radius 1 is 1.00 bits per heavy atom. The number of likely N-dealkylation sites (tertiary alicyclic amines) is 1. The summed E-state index contributed by atoms with van der Waals surface area (Å²) in [5, 5.41) is 3.65. The third-order valence-corrected chi connectivity index (χ3v) is 4.74. The molecule has 0 spiro atoms. The van der Waals surface area contributed by atoms with Crippen molar-refractivity contribution >= 4 is 0 Å². The van der Waals surface area contributed by atoms with Crippen LogP contribution in [0.3, 0.4) is 0 Å². The highest BCUT2D eigenvalue weighted by molar-refractivity contribution is 5.14. The highest BCUT2D eigenvalue weighted by Gasteiger charge is 2.18. The topological polar surface area (TPSA) is 37.3 Å². The summed E-state index contributed by atoms with van der Waals surface area (Å²) in [6.07, 6.45) is 5.27. The summed E-state index contributed by atoms with van der Waals surface area (Å²) >= 11 is 0. The Bertz CT molecular complexity index is 660. The molecule has 1 N–H and O–H groups in total. The molecule has 0 aliphatic carbocycles. The minimum atomic E-state index is 0.0896. The molecule has 3 rings (SSSR count). The number of nitrogens with one attached hydrogen (secondary N) is 1. The van der Waals surface area contributed by atoms with Crippen LogP contribution in [0.15, 0.2) is 59.5 Å². The van der Waals surface area contributed by atoms with E-state index in [-0.39, 0.29) is 5.56 Å². The van der Waals surface area contributed by atoms with Gasteiger partial charge in [-0.1, -0.05) is 36.4 Å². The van der Waals surface area contributed by atoms with Crippen molar-refractivity contribution in [3.63, 3.8) is 0 Å². The molecule has 0 bridgehead atoms. The summed E-state index contributed by atoms with van der Waals surface area (Å²) in [5.74, 6) is 0. The van der Waals surface area contributed by atoms with Gasteiger partial charge in [0.15, 0.2) is 0 Å². The molecule has 1 aliphatic rings. The molecule has 0 atom stereocenters. The molecule has 128 valence electrons. The number of benzene rings is 1. The van der Waals surface area contributed by atoms with E-state index in [4.69, 9.17) is 0 Å². The van der Waals surface area contributed by atoms with Crippen molar-refractivity contribution in [2.75, 3.05) is 19.6 Å². The van der Waals surface area contributed by atoms with Crippen LogP contribution in [0.5, 0.6) is 0 Å². The molecule has 1 saturated heterocycles. The summed E-state index contributed by atoms with van der Waals surface area (Å²) in [4.78, 5) is 14.2. The van der Waals surface area contributed by atoms with E-state index in [1.807, 2.05) is 12.3 Å². The first-order valence-electron chi connectivity index (χ1n) is 8.96. The second-order valence-electron chi connectivity index (χ2n) is 6.58. The van der Waals surface area contributed by atoms with Gasteiger partial charge in [0.05, 0.1) is 0 Å². The van der Waals surface area contributed by atoms with Gasteiger partial charge in [-0.2, -0.15) is 0 Å². The summed E-state index contributed by atoms with van der Waals surface area (Å²) < 4.78 is 1.78. The van der Waals surface area contributed by atoms with Crippen LogP contribution in [-0.2, 0) is 13.1 Å². The zero-order valence-electron chi connectivity index (χ0n) is 14.2. The molecular formula is C20H27N3O. The molecule has 1 aliphatic heterocycles. The lowest BCUT2D eigenvalue weighted by Crippen LogP contribution is -2.42. The SMILES string of the molecule is O=c1ccccn1CCCNC1CCN(Cc2ccccc2)CC1. The van der Waals surface area contributed by atoms with Gasteiger partial charge in [0, 0.05) is 31.4 Å². The number of rotatable bonds is 7. The largest absolute Gasteiger partial charge is 0.315 e. The highest BCUT2D eigenvalue weighted by atomic mass is 16.1. The van der Waals surface area contributed by atoms with Gasteiger partial charge in [0.25, 0.3) is 0 Å². The Kier molecular flexibility index (Phi) is 6.21. The maximum absolute atomic E-state index is 11.6. The Morgan fingerprint density at radius 3 is 2.50 bits per heavy atom. The van der Waals surface area contributed by atoms with Crippen LogP contribution in [0.4, 0.5) is 0 Å². The van der Waals surface area contributed by atoms with Crippen molar-refractivity contribution in [3.8, 4) is 0 Å². The van der Waals surface area contributed by atoms with E-state index in [0.717, 1.165) is 39.1 Å². The normalized spacial score (nSPS) is 16.3.